The molecule has 0 aliphatic carbocycles. The fourth-order valence-corrected chi connectivity index (χ4v) is 1.91. The third-order valence-electron chi connectivity index (χ3n) is 2.67. The average Bonchev–Trinajstić information content (AvgIpc) is 2.54. The summed E-state index contributed by atoms with van der Waals surface area (Å²) in [5.41, 5.74) is 1.55. The van der Waals surface area contributed by atoms with E-state index >= 15 is 0 Å². The Bertz CT molecular complexity index is 418. The number of Topliss-reactive ketones (excluding diaryl/α,β-unsaturated/α-hetero) is 1. The molecule has 0 bridgehead atoms. The molecule has 1 heterocycles. The zero-order valence-electron chi connectivity index (χ0n) is 9.27. The smallest absolute Gasteiger partial charge is 0.492 e. The van der Waals surface area contributed by atoms with Crippen molar-refractivity contribution in [1.29, 1.82) is 0 Å². The van der Waals surface area contributed by atoms with E-state index in [0.717, 1.165) is 5.56 Å². The number of carbonyl (C=O) groups excluding carboxylic acids is 1. The van der Waals surface area contributed by atoms with E-state index in [1.165, 1.54) is 6.92 Å². The molecule has 1 aliphatic heterocycles. The van der Waals surface area contributed by atoms with Crippen molar-refractivity contribution in [3.8, 4) is 5.75 Å². The number of hydrogen-bond acceptors (Lipinski definition) is 4. The average molecular weight is 220 g/mol. The maximum absolute atomic E-state index is 11.1. The molecule has 1 N–H and O–H groups in total. The van der Waals surface area contributed by atoms with E-state index in [1.54, 1.807) is 19.2 Å². The van der Waals surface area contributed by atoms with Crippen molar-refractivity contribution in [2.45, 2.75) is 19.4 Å². The Hall–Kier alpha value is -1.33. The van der Waals surface area contributed by atoms with Gasteiger partial charge in [-0.3, -0.25) is 4.79 Å². The molecule has 0 saturated heterocycles. The molecule has 1 atom stereocenters. The molecule has 1 aliphatic rings. The molecule has 1 aromatic carbocycles. The molecule has 0 unspecified atom stereocenters. The molecular weight excluding hydrogens is 207 g/mol. The summed E-state index contributed by atoms with van der Waals surface area (Å²) in [4.78, 5) is 11.1. The van der Waals surface area contributed by atoms with Crippen molar-refractivity contribution in [3.05, 3.63) is 23.8 Å². The number of rotatable bonds is 3. The van der Waals surface area contributed by atoms with Crippen LogP contribution in [0.5, 0.6) is 5.75 Å². The zero-order chi connectivity index (χ0) is 11.7. The summed E-state index contributed by atoms with van der Waals surface area (Å²) >= 11 is 0. The summed E-state index contributed by atoms with van der Waals surface area (Å²) in [5, 5.41) is 9.70. The number of ketones is 1. The second-order valence-electron chi connectivity index (χ2n) is 3.88. The highest BCUT2D eigenvalue weighted by Gasteiger charge is 2.35. The quantitative estimate of drug-likeness (QED) is 0.750. The van der Waals surface area contributed by atoms with Gasteiger partial charge in [-0.1, -0.05) is 6.07 Å². The van der Waals surface area contributed by atoms with E-state index in [0.29, 0.717) is 11.2 Å². The first-order valence-electron chi connectivity index (χ1n) is 5.12. The first-order chi connectivity index (χ1) is 7.61. The lowest BCUT2D eigenvalue weighted by Crippen LogP contribution is -2.28. The van der Waals surface area contributed by atoms with E-state index in [9.17, 15) is 9.82 Å². The number of carbonyl (C=O) groups is 1. The minimum atomic E-state index is -0.963. The van der Waals surface area contributed by atoms with Crippen molar-refractivity contribution in [1.82, 2.24) is 0 Å². The van der Waals surface area contributed by atoms with Crippen molar-refractivity contribution in [2.24, 2.45) is 0 Å². The third kappa shape index (κ3) is 1.96. The van der Waals surface area contributed by atoms with Gasteiger partial charge in [-0.05, 0) is 30.1 Å². The van der Waals surface area contributed by atoms with Gasteiger partial charge < -0.3 is 14.4 Å². The molecule has 5 heteroatoms. The lowest BCUT2D eigenvalue weighted by Gasteiger charge is -2.09. The summed E-state index contributed by atoms with van der Waals surface area (Å²) in [5.74, 6) is 0.714. The Morgan fingerprint density at radius 2 is 2.38 bits per heavy atom. The molecule has 1 aromatic rings. The van der Waals surface area contributed by atoms with Gasteiger partial charge in [0, 0.05) is 6.42 Å². The molecule has 2 rings (SSSR count). The second-order valence-corrected chi connectivity index (χ2v) is 3.88. The highest BCUT2D eigenvalue weighted by atomic mass is 16.5. The van der Waals surface area contributed by atoms with E-state index in [4.69, 9.17) is 9.39 Å². The number of fused-ring (bicyclic) bond motifs is 1. The lowest BCUT2D eigenvalue weighted by atomic mass is 9.79. The van der Waals surface area contributed by atoms with Gasteiger partial charge in [0.15, 0.2) is 0 Å². The van der Waals surface area contributed by atoms with Crippen molar-refractivity contribution in [3.63, 3.8) is 0 Å². The standard InChI is InChI=1S/C11H13BO4/c1-7(13)5-11-9-4-3-8(15-2)6-10(9)12(14)16-11/h3-4,6,11,14H,5H2,1-2H3/t11-/m1/s1. The molecule has 0 saturated carbocycles. The number of benzene rings is 1. The third-order valence-corrected chi connectivity index (χ3v) is 2.67. The Morgan fingerprint density at radius 1 is 1.62 bits per heavy atom. The number of methoxy groups -OCH3 is 1. The zero-order valence-corrected chi connectivity index (χ0v) is 9.27. The summed E-state index contributed by atoms with van der Waals surface area (Å²) in [6, 6.07) is 5.37. The van der Waals surface area contributed by atoms with Gasteiger partial charge >= 0.3 is 7.12 Å². The largest absolute Gasteiger partial charge is 0.497 e. The Balaban J connectivity index is 2.32. The van der Waals surface area contributed by atoms with Crippen LogP contribution >= 0.6 is 0 Å². The minimum absolute atomic E-state index is 0.0425. The van der Waals surface area contributed by atoms with Crippen LogP contribution in [0.15, 0.2) is 18.2 Å². The summed E-state index contributed by atoms with van der Waals surface area (Å²) in [7, 11) is 0.603. The van der Waals surface area contributed by atoms with Crippen molar-refractivity contribution >= 4 is 18.4 Å². The first kappa shape index (κ1) is 11.2. The molecule has 0 aromatic heterocycles. The van der Waals surface area contributed by atoms with Crippen LogP contribution in [0.2, 0.25) is 0 Å². The molecule has 0 fully saturated rings. The number of hydrogen-bond donors (Lipinski definition) is 1. The molecule has 0 radical (unpaired) electrons. The normalized spacial score (nSPS) is 18.4. The van der Waals surface area contributed by atoms with E-state index in [1.807, 2.05) is 6.07 Å². The van der Waals surface area contributed by atoms with E-state index in [-0.39, 0.29) is 18.3 Å². The predicted molar refractivity (Wildman–Crippen MR) is 59.7 cm³/mol. The van der Waals surface area contributed by atoms with Crippen LogP contribution in [0.25, 0.3) is 0 Å². The maximum atomic E-state index is 11.1. The van der Waals surface area contributed by atoms with Gasteiger partial charge in [0.2, 0.25) is 0 Å². The van der Waals surface area contributed by atoms with Gasteiger partial charge in [0.1, 0.15) is 11.5 Å². The van der Waals surface area contributed by atoms with E-state index in [2.05, 4.69) is 0 Å². The Morgan fingerprint density at radius 3 is 3.00 bits per heavy atom. The van der Waals surface area contributed by atoms with Crippen LogP contribution in [0.4, 0.5) is 0 Å². The molecule has 84 valence electrons. The topological polar surface area (TPSA) is 55.8 Å². The highest BCUT2D eigenvalue weighted by Crippen LogP contribution is 2.28. The van der Waals surface area contributed by atoms with Gasteiger partial charge in [0.05, 0.1) is 13.2 Å². The molecule has 0 amide bonds. The van der Waals surface area contributed by atoms with Crippen LogP contribution in [0.1, 0.15) is 25.0 Å². The molecular formula is C11H13BO4. The molecule has 4 nitrogen and oxygen atoms in total. The first-order valence-corrected chi connectivity index (χ1v) is 5.12. The van der Waals surface area contributed by atoms with Crippen LogP contribution in [-0.2, 0) is 9.45 Å². The van der Waals surface area contributed by atoms with Crippen LogP contribution in [-0.4, -0.2) is 25.0 Å². The minimum Gasteiger partial charge on any atom is -0.497 e. The van der Waals surface area contributed by atoms with Crippen LogP contribution in [0, 0.1) is 0 Å². The van der Waals surface area contributed by atoms with Gasteiger partial charge in [-0.25, -0.2) is 0 Å². The van der Waals surface area contributed by atoms with Crippen molar-refractivity contribution in [2.75, 3.05) is 7.11 Å². The maximum Gasteiger partial charge on any atom is 0.492 e. The molecule has 16 heavy (non-hydrogen) atoms. The van der Waals surface area contributed by atoms with Crippen molar-refractivity contribution < 1.29 is 19.2 Å². The Labute approximate surface area is 94.3 Å². The SMILES string of the molecule is COc1ccc2c(c1)B(O)O[C@@H]2CC(C)=O. The van der Waals surface area contributed by atoms with Crippen LogP contribution < -0.4 is 10.2 Å². The van der Waals surface area contributed by atoms with Crippen LogP contribution in [0.3, 0.4) is 0 Å². The monoisotopic (exact) mass is 220 g/mol. The van der Waals surface area contributed by atoms with E-state index < -0.39 is 7.12 Å². The highest BCUT2D eigenvalue weighted by molar-refractivity contribution is 6.61. The number of ether oxygens (including phenoxy) is 1. The molecule has 0 spiro atoms. The van der Waals surface area contributed by atoms with Gasteiger partial charge in [-0.15, -0.1) is 0 Å². The summed E-state index contributed by atoms with van der Waals surface area (Å²) < 4.78 is 10.4. The summed E-state index contributed by atoms with van der Waals surface area (Å²) in [6.07, 6.45) is -0.0514. The van der Waals surface area contributed by atoms with Gasteiger partial charge in [-0.2, -0.15) is 0 Å². The summed E-state index contributed by atoms with van der Waals surface area (Å²) in [6.45, 7) is 1.51. The van der Waals surface area contributed by atoms with Gasteiger partial charge in [0.25, 0.3) is 0 Å². The lowest BCUT2D eigenvalue weighted by molar-refractivity contribution is -0.118. The fraction of sp³-hybridized carbons (Fsp3) is 0.364. The second kappa shape index (κ2) is 4.27. The Kier molecular flexibility index (Phi) is 2.98. The fourth-order valence-electron chi connectivity index (χ4n) is 1.91. The predicted octanol–water partition coefficient (Wildman–Crippen LogP) is 0.433.